The van der Waals surface area contributed by atoms with E-state index in [9.17, 15) is 5.11 Å². The van der Waals surface area contributed by atoms with Crippen molar-refractivity contribution < 1.29 is 5.11 Å². The molecule has 0 aromatic heterocycles. The summed E-state index contributed by atoms with van der Waals surface area (Å²) in [6.07, 6.45) is 2.17. The first kappa shape index (κ1) is 25.6. The van der Waals surface area contributed by atoms with Crippen molar-refractivity contribution in [2.75, 3.05) is 50.0 Å². The average molecular weight is 547 g/mol. The number of aliphatic hydroxyl groups is 1. The van der Waals surface area contributed by atoms with Crippen molar-refractivity contribution in [1.29, 1.82) is 0 Å². The fourth-order valence-corrected chi connectivity index (χ4v) is 5.35. The Bertz CT molecular complexity index is 647. The molecule has 2 fully saturated rings. The number of hydrogen-bond acceptors (Lipinski definition) is 4. The Labute approximate surface area is 204 Å². The first-order valence-corrected chi connectivity index (χ1v) is 12.2. The highest BCUT2D eigenvalue weighted by Crippen LogP contribution is 2.25. The standard InChI is InChI=1S/C23H38N4OS.HI/c1-4-24-23(27-13-14-29-22(16-27)18(2)3)25-15-19-5-7-21(8-6-19)26-11-9-20(17-28)10-12-26;/h5-8,18,20,22,28H,4,9-17H2,1-3H3,(H,24,25);1H. The molecule has 2 saturated heterocycles. The normalized spacial score (nSPS) is 21.0. The van der Waals surface area contributed by atoms with Crippen LogP contribution in [0.25, 0.3) is 0 Å². The SMILES string of the molecule is CCNC(=NCc1ccc(N2CCC(CO)CC2)cc1)N1CCSC(C(C)C)C1.I. The van der Waals surface area contributed by atoms with Gasteiger partial charge in [0.2, 0.25) is 0 Å². The van der Waals surface area contributed by atoms with Crippen LogP contribution in [0.15, 0.2) is 29.3 Å². The van der Waals surface area contributed by atoms with E-state index in [1.54, 1.807) is 0 Å². The van der Waals surface area contributed by atoms with Gasteiger partial charge in [-0.15, -0.1) is 24.0 Å². The Morgan fingerprint density at radius 2 is 1.90 bits per heavy atom. The van der Waals surface area contributed by atoms with E-state index in [1.807, 2.05) is 0 Å². The fourth-order valence-electron chi connectivity index (χ4n) is 4.05. The molecule has 30 heavy (non-hydrogen) atoms. The number of halogens is 1. The van der Waals surface area contributed by atoms with Crippen LogP contribution >= 0.6 is 35.7 Å². The Hall–Kier alpha value is -0.670. The maximum absolute atomic E-state index is 9.32. The maximum Gasteiger partial charge on any atom is 0.194 e. The van der Waals surface area contributed by atoms with Gasteiger partial charge in [-0.3, -0.25) is 0 Å². The molecule has 0 saturated carbocycles. The van der Waals surface area contributed by atoms with E-state index in [0.717, 1.165) is 51.5 Å². The lowest BCUT2D eigenvalue weighted by atomic mass is 9.97. The minimum atomic E-state index is 0. The lowest BCUT2D eigenvalue weighted by Gasteiger charge is -2.36. The van der Waals surface area contributed by atoms with Crippen molar-refractivity contribution in [3.05, 3.63) is 29.8 Å². The number of rotatable bonds is 6. The molecule has 2 aliphatic heterocycles. The van der Waals surface area contributed by atoms with Gasteiger partial charge >= 0.3 is 0 Å². The zero-order valence-corrected chi connectivity index (χ0v) is 21.9. The molecule has 2 N–H and O–H groups in total. The molecule has 1 unspecified atom stereocenters. The maximum atomic E-state index is 9.32. The summed E-state index contributed by atoms with van der Waals surface area (Å²) in [7, 11) is 0. The number of piperidine rings is 1. The Morgan fingerprint density at radius 1 is 1.20 bits per heavy atom. The quantitative estimate of drug-likeness (QED) is 0.321. The molecule has 5 nitrogen and oxygen atoms in total. The number of nitrogens with one attached hydrogen (secondary N) is 1. The summed E-state index contributed by atoms with van der Waals surface area (Å²) < 4.78 is 0. The molecular formula is C23H39IN4OS. The number of nitrogens with zero attached hydrogens (tertiary/aromatic N) is 3. The summed E-state index contributed by atoms with van der Waals surface area (Å²) in [4.78, 5) is 9.81. The van der Waals surface area contributed by atoms with E-state index in [4.69, 9.17) is 4.99 Å². The van der Waals surface area contributed by atoms with Gasteiger partial charge in [-0.2, -0.15) is 11.8 Å². The van der Waals surface area contributed by atoms with Crippen molar-refractivity contribution in [2.24, 2.45) is 16.8 Å². The third-order valence-electron chi connectivity index (χ3n) is 6.06. The molecule has 7 heteroatoms. The molecule has 1 aromatic rings. The summed E-state index contributed by atoms with van der Waals surface area (Å²) >= 11 is 2.10. The second kappa shape index (κ2) is 13.0. The van der Waals surface area contributed by atoms with Crippen molar-refractivity contribution >= 4 is 47.4 Å². The van der Waals surface area contributed by atoms with Crippen LogP contribution in [-0.4, -0.2) is 66.3 Å². The second-order valence-corrected chi connectivity index (χ2v) is 9.90. The third kappa shape index (κ3) is 7.19. The van der Waals surface area contributed by atoms with Gasteiger partial charge in [0.25, 0.3) is 0 Å². The van der Waals surface area contributed by atoms with Crippen LogP contribution in [0, 0.1) is 11.8 Å². The molecule has 3 rings (SSSR count). The Balaban J connectivity index is 0.00000320. The van der Waals surface area contributed by atoms with E-state index in [0.29, 0.717) is 30.2 Å². The molecule has 170 valence electrons. The van der Waals surface area contributed by atoms with Gasteiger partial charge in [0, 0.05) is 56.0 Å². The smallest absolute Gasteiger partial charge is 0.194 e. The predicted molar refractivity (Wildman–Crippen MR) is 141 cm³/mol. The van der Waals surface area contributed by atoms with Crippen LogP contribution in [0.5, 0.6) is 0 Å². The molecule has 1 atom stereocenters. The summed E-state index contributed by atoms with van der Waals surface area (Å²) in [6, 6.07) is 8.87. The lowest BCUT2D eigenvalue weighted by Crippen LogP contribution is -2.49. The molecule has 0 aliphatic carbocycles. The van der Waals surface area contributed by atoms with Gasteiger partial charge in [-0.25, -0.2) is 4.99 Å². The van der Waals surface area contributed by atoms with Gasteiger partial charge in [0.05, 0.1) is 6.54 Å². The van der Waals surface area contributed by atoms with Crippen molar-refractivity contribution in [2.45, 2.75) is 45.4 Å². The summed E-state index contributed by atoms with van der Waals surface area (Å²) in [5.74, 6) is 3.40. The van der Waals surface area contributed by atoms with E-state index < -0.39 is 0 Å². The highest BCUT2D eigenvalue weighted by atomic mass is 127. The zero-order valence-electron chi connectivity index (χ0n) is 18.7. The summed E-state index contributed by atoms with van der Waals surface area (Å²) in [5.41, 5.74) is 2.54. The van der Waals surface area contributed by atoms with Crippen LogP contribution in [0.1, 0.15) is 39.2 Å². The van der Waals surface area contributed by atoms with Crippen molar-refractivity contribution in [3.63, 3.8) is 0 Å². The topological polar surface area (TPSA) is 51.1 Å². The molecular weight excluding hydrogens is 507 g/mol. The van der Waals surface area contributed by atoms with Gasteiger partial charge in [-0.05, 0) is 49.3 Å². The van der Waals surface area contributed by atoms with Gasteiger partial charge in [0.1, 0.15) is 0 Å². The van der Waals surface area contributed by atoms with E-state index in [-0.39, 0.29) is 24.0 Å². The second-order valence-electron chi connectivity index (χ2n) is 8.55. The Kier molecular flexibility index (Phi) is 11.1. The van der Waals surface area contributed by atoms with Crippen LogP contribution in [0.4, 0.5) is 5.69 Å². The van der Waals surface area contributed by atoms with Crippen molar-refractivity contribution in [1.82, 2.24) is 10.2 Å². The highest BCUT2D eigenvalue weighted by molar-refractivity contribution is 14.0. The molecule has 0 spiro atoms. The molecule has 2 aliphatic rings. The number of thioether (sulfide) groups is 1. The van der Waals surface area contributed by atoms with E-state index in [1.165, 1.54) is 17.0 Å². The largest absolute Gasteiger partial charge is 0.396 e. The van der Waals surface area contributed by atoms with Gasteiger partial charge < -0.3 is 20.2 Å². The monoisotopic (exact) mass is 546 g/mol. The average Bonchev–Trinajstić information content (AvgIpc) is 2.77. The highest BCUT2D eigenvalue weighted by Gasteiger charge is 2.25. The van der Waals surface area contributed by atoms with E-state index >= 15 is 0 Å². The molecule has 2 heterocycles. The number of aliphatic imine (C=N–C) groups is 1. The molecule has 0 amide bonds. The number of benzene rings is 1. The third-order valence-corrected chi connectivity index (χ3v) is 7.60. The first-order chi connectivity index (χ1) is 14.1. The van der Waals surface area contributed by atoms with Gasteiger partial charge in [0.15, 0.2) is 5.96 Å². The summed E-state index contributed by atoms with van der Waals surface area (Å²) in [5, 5.41) is 13.5. The fraction of sp³-hybridized carbons (Fsp3) is 0.696. The predicted octanol–water partition coefficient (Wildman–Crippen LogP) is 4.05. The van der Waals surface area contributed by atoms with Crippen LogP contribution in [0.3, 0.4) is 0 Å². The minimum Gasteiger partial charge on any atom is -0.396 e. The van der Waals surface area contributed by atoms with E-state index in [2.05, 4.69) is 71.9 Å². The van der Waals surface area contributed by atoms with Crippen LogP contribution < -0.4 is 10.2 Å². The number of aliphatic hydroxyl groups excluding tert-OH is 1. The van der Waals surface area contributed by atoms with Crippen molar-refractivity contribution in [3.8, 4) is 0 Å². The molecule has 0 radical (unpaired) electrons. The minimum absolute atomic E-state index is 0. The van der Waals surface area contributed by atoms with Crippen LogP contribution in [-0.2, 0) is 6.54 Å². The number of guanidine groups is 1. The lowest BCUT2D eigenvalue weighted by molar-refractivity contribution is 0.203. The van der Waals surface area contributed by atoms with Crippen LogP contribution in [0.2, 0.25) is 0 Å². The zero-order chi connectivity index (χ0) is 20.6. The number of hydrogen-bond donors (Lipinski definition) is 2. The Morgan fingerprint density at radius 3 is 2.50 bits per heavy atom. The van der Waals surface area contributed by atoms with Gasteiger partial charge in [-0.1, -0.05) is 26.0 Å². The molecule has 0 bridgehead atoms. The summed E-state index contributed by atoms with van der Waals surface area (Å²) in [6.45, 7) is 12.9. The number of anilines is 1. The first-order valence-electron chi connectivity index (χ1n) is 11.2. The molecule has 1 aromatic carbocycles.